The van der Waals surface area contributed by atoms with Gasteiger partial charge in [-0.25, -0.2) is 0 Å². The van der Waals surface area contributed by atoms with Crippen molar-refractivity contribution in [2.75, 3.05) is 13.6 Å². The van der Waals surface area contributed by atoms with Crippen molar-refractivity contribution in [2.24, 2.45) is 11.7 Å². The second kappa shape index (κ2) is 5.48. The zero-order valence-corrected chi connectivity index (χ0v) is 11.0. The maximum atomic E-state index is 12.4. The average Bonchev–Trinajstić information content (AvgIpc) is 2.85. The van der Waals surface area contributed by atoms with Crippen molar-refractivity contribution >= 4 is 5.91 Å². The molecule has 5 nitrogen and oxygen atoms in total. The second-order valence-electron chi connectivity index (χ2n) is 5.08. The molecular weight excluding hydrogens is 244 g/mol. The van der Waals surface area contributed by atoms with Gasteiger partial charge in [-0.1, -0.05) is 12.5 Å². The van der Waals surface area contributed by atoms with Crippen molar-refractivity contribution in [3.05, 3.63) is 23.8 Å². The molecule has 5 heteroatoms. The van der Waals surface area contributed by atoms with E-state index in [1.54, 1.807) is 11.9 Å². The zero-order chi connectivity index (χ0) is 14.0. The Kier molecular flexibility index (Phi) is 3.95. The quantitative estimate of drug-likeness (QED) is 0.768. The van der Waals surface area contributed by atoms with Gasteiger partial charge >= 0.3 is 0 Å². The second-order valence-corrected chi connectivity index (χ2v) is 5.08. The van der Waals surface area contributed by atoms with E-state index >= 15 is 0 Å². The molecule has 1 amide bonds. The lowest BCUT2D eigenvalue weighted by atomic mass is 10.0. The summed E-state index contributed by atoms with van der Waals surface area (Å²) in [6, 6.07) is 4.38. The van der Waals surface area contributed by atoms with E-state index in [0.29, 0.717) is 12.5 Å². The molecule has 0 bridgehead atoms. The van der Waals surface area contributed by atoms with Crippen LogP contribution in [0.3, 0.4) is 0 Å². The van der Waals surface area contributed by atoms with Crippen LogP contribution in [0.4, 0.5) is 0 Å². The number of hydrogen-bond donors (Lipinski definition) is 3. The predicted octanol–water partition coefficient (Wildman–Crippen LogP) is 1.30. The molecule has 1 aromatic rings. The lowest BCUT2D eigenvalue weighted by molar-refractivity contribution is 0.0693. The van der Waals surface area contributed by atoms with Gasteiger partial charge in [0.2, 0.25) is 0 Å². The van der Waals surface area contributed by atoms with Crippen molar-refractivity contribution in [1.29, 1.82) is 0 Å². The van der Waals surface area contributed by atoms with Crippen LogP contribution in [0, 0.1) is 5.92 Å². The Hall–Kier alpha value is -1.75. The van der Waals surface area contributed by atoms with E-state index in [2.05, 4.69) is 0 Å². The van der Waals surface area contributed by atoms with E-state index in [-0.39, 0.29) is 29.0 Å². The van der Waals surface area contributed by atoms with Crippen LogP contribution in [0.2, 0.25) is 0 Å². The Morgan fingerprint density at radius 2 is 2.00 bits per heavy atom. The van der Waals surface area contributed by atoms with Crippen LogP contribution in [-0.2, 0) is 0 Å². The van der Waals surface area contributed by atoms with Crippen LogP contribution in [0.1, 0.15) is 29.6 Å². The number of benzene rings is 1. The van der Waals surface area contributed by atoms with E-state index in [4.69, 9.17) is 5.73 Å². The Morgan fingerprint density at radius 3 is 2.58 bits per heavy atom. The van der Waals surface area contributed by atoms with Crippen LogP contribution >= 0.6 is 0 Å². The summed E-state index contributed by atoms with van der Waals surface area (Å²) in [6.45, 7) is 0.551. The third-order valence-corrected chi connectivity index (χ3v) is 3.97. The third-order valence-electron chi connectivity index (χ3n) is 3.97. The van der Waals surface area contributed by atoms with Gasteiger partial charge in [0.1, 0.15) is 17.1 Å². The van der Waals surface area contributed by atoms with Gasteiger partial charge in [-0.2, -0.15) is 0 Å². The summed E-state index contributed by atoms with van der Waals surface area (Å²) in [5.74, 6) is -0.457. The number of phenolic OH excluding ortho intramolecular Hbond substituents is 2. The normalized spacial score (nSPS) is 22.4. The first-order chi connectivity index (χ1) is 9.06. The van der Waals surface area contributed by atoms with Gasteiger partial charge in [-0.3, -0.25) is 4.79 Å². The molecule has 0 saturated heterocycles. The van der Waals surface area contributed by atoms with Crippen LogP contribution in [0.5, 0.6) is 11.5 Å². The summed E-state index contributed by atoms with van der Waals surface area (Å²) < 4.78 is 0. The van der Waals surface area contributed by atoms with Crippen molar-refractivity contribution in [2.45, 2.75) is 25.3 Å². The molecule has 0 aliphatic heterocycles. The molecule has 0 heterocycles. The van der Waals surface area contributed by atoms with Gasteiger partial charge in [0.25, 0.3) is 5.91 Å². The first-order valence-corrected chi connectivity index (χ1v) is 6.54. The van der Waals surface area contributed by atoms with Crippen LogP contribution in [0.25, 0.3) is 0 Å². The summed E-state index contributed by atoms with van der Waals surface area (Å²) in [4.78, 5) is 14.0. The number of aromatic hydroxyl groups is 2. The number of amides is 1. The van der Waals surface area contributed by atoms with Crippen LogP contribution in [-0.4, -0.2) is 40.7 Å². The van der Waals surface area contributed by atoms with Gasteiger partial charge in [-0.05, 0) is 37.4 Å². The first kappa shape index (κ1) is 13.7. The highest BCUT2D eigenvalue weighted by atomic mass is 16.3. The highest BCUT2D eigenvalue weighted by Crippen LogP contribution is 2.32. The van der Waals surface area contributed by atoms with Gasteiger partial charge < -0.3 is 20.8 Å². The third kappa shape index (κ3) is 2.51. The number of nitrogens with two attached hydrogens (primary N) is 1. The van der Waals surface area contributed by atoms with E-state index in [1.165, 1.54) is 18.2 Å². The molecule has 1 aromatic carbocycles. The fourth-order valence-corrected chi connectivity index (χ4v) is 2.88. The topological polar surface area (TPSA) is 86.8 Å². The van der Waals surface area contributed by atoms with Gasteiger partial charge in [0.05, 0.1) is 0 Å². The first-order valence-electron chi connectivity index (χ1n) is 6.54. The highest BCUT2D eigenvalue weighted by molar-refractivity contribution is 5.99. The summed E-state index contributed by atoms with van der Waals surface area (Å²) in [7, 11) is 1.70. The largest absolute Gasteiger partial charge is 0.507 e. The molecule has 1 aliphatic rings. The van der Waals surface area contributed by atoms with Crippen LogP contribution < -0.4 is 5.73 Å². The lowest BCUT2D eigenvalue weighted by Crippen LogP contribution is -2.41. The Bertz CT molecular complexity index is 456. The van der Waals surface area contributed by atoms with E-state index in [1.807, 2.05) is 0 Å². The van der Waals surface area contributed by atoms with Gasteiger partial charge in [0.15, 0.2) is 0 Å². The van der Waals surface area contributed by atoms with E-state index in [0.717, 1.165) is 19.3 Å². The molecule has 2 atom stereocenters. The standard InChI is InChI=1S/C14H20N2O3/c1-16(10-5-2-4-9(10)8-15)14(19)13-11(17)6-3-7-12(13)18/h3,6-7,9-10,17-18H,2,4-5,8,15H2,1H3. The predicted molar refractivity (Wildman–Crippen MR) is 72.0 cm³/mol. The van der Waals surface area contributed by atoms with E-state index in [9.17, 15) is 15.0 Å². The monoisotopic (exact) mass is 264 g/mol. The maximum Gasteiger partial charge on any atom is 0.261 e. The zero-order valence-electron chi connectivity index (χ0n) is 11.0. The number of hydrogen-bond acceptors (Lipinski definition) is 4. The minimum absolute atomic E-state index is 0.0346. The molecule has 1 fully saturated rings. The van der Waals surface area contributed by atoms with Crippen molar-refractivity contribution in [1.82, 2.24) is 4.90 Å². The average molecular weight is 264 g/mol. The SMILES string of the molecule is CN(C(=O)c1c(O)cccc1O)C1CCCC1CN. The minimum atomic E-state index is -0.360. The molecule has 0 aromatic heterocycles. The molecule has 4 N–H and O–H groups in total. The fraction of sp³-hybridized carbons (Fsp3) is 0.500. The fourth-order valence-electron chi connectivity index (χ4n) is 2.88. The number of carbonyl (C=O) groups is 1. The lowest BCUT2D eigenvalue weighted by Gasteiger charge is -2.29. The van der Waals surface area contributed by atoms with Gasteiger partial charge in [-0.15, -0.1) is 0 Å². The molecule has 0 spiro atoms. The number of rotatable bonds is 3. The molecule has 2 unspecified atom stereocenters. The molecule has 1 saturated carbocycles. The molecule has 0 radical (unpaired) electrons. The molecule has 2 rings (SSSR count). The van der Waals surface area contributed by atoms with Crippen molar-refractivity contribution in [3.63, 3.8) is 0 Å². The molecule has 1 aliphatic carbocycles. The molecular formula is C14H20N2O3. The summed E-state index contributed by atoms with van der Waals surface area (Å²) in [6.07, 6.45) is 2.99. The summed E-state index contributed by atoms with van der Waals surface area (Å²) in [5, 5.41) is 19.5. The summed E-state index contributed by atoms with van der Waals surface area (Å²) >= 11 is 0. The smallest absolute Gasteiger partial charge is 0.261 e. The molecule has 104 valence electrons. The number of nitrogens with zero attached hydrogens (tertiary/aromatic N) is 1. The van der Waals surface area contributed by atoms with Crippen LogP contribution in [0.15, 0.2) is 18.2 Å². The van der Waals surface area contributed by atoms with Gasteiger partial charge in [0, 0.05) is 13.1 Å². The minimum Gasteiger partial charge on any atom is -0.507 e. The van der Waals surface area contributed by atoms with Crippen molar-refractivity contribution < 1.29 is 15.0 Å². The number of carbonyl (C=O) groups excluding carboxylic acids is 1. The van der Waals surface area contributed by atoms with E-state index < -0.39 is 0 Å². The Balaban J connectivity index is 2.24. The summed E-state index contributed by atoms with van der Waals surface area (Å²) in [5.41, 5.74) is 5.69. The highest BCUT2D eigenvalue weighted by Gasteiger charge is 2.33. The van der Waals surface area contributed by atoms with Crippen molar-refractivity contribution in [3.8, 4) is 11.5 Å². The Labute approximate surface area is 112 Å². The Morgan fingerprint density at radius 1 is 1.37 bits per heavy atom. The number of phenols is 2. The molecule has 19 heavy (non-hydrogen) atoms. The maximum absolute atomic E-state index is 12.4.